The average molecular weight is 623 g/mol. The molecule has 242 valence electrons. The summed E-state index contributed by atoms with van der Waals surface area (Å²) in [6, 6.07) is 9.13. The maximum Gasteiger partial charge on any atom is 0.342 e. The smallest absolute Gasteiger partial charge is 0.342 e. The molecule has 0 radical (unpaired) electrons. The van der Waals surface area contributed by atoms with Crippen LogP contribution in [-0.4, -0.2) is 76.9 Å². The van der Waals surface area contributed by atoms with Crippen molar-refractivity contribution in [3.63, 3.8) is 0 Å². The van der Waals surface area contributed by atoms with Gasteiger partial charge >= 0.3 is 5.97 Å². The molecule has 0 saturated carbocycles. The van der Waals surface area contributed by atoms with E-state index in [1.807, 2.05) is 52.8 Å². The Balaban J connectivity index is 0.00000226. The third kappa shape index (κ3) is 7.78. The molecule has 0 amide bonds. The first-order valence-corrected chi connectivity index (χ1v) is 15.3. The first-order chi connectivity index (χ1) is 21.8. The van der Waals surface area contributed by atoms with Gasteiger partial charge in [0.05, 0.1) is 44.9 Å². The number of allylic oxidation sites excluding steroid dienone is 3. The van der Waals surface area contributed by atoms with Crippen LogP contribution < -0.4 is 4.74 Å². The van der Waals surface area contributed by atoms with Crippen LogP contribution >= 0.6 is 0 Å². The van der Waals surface area contributed by atoms with Crippen LogP contribution in [0.4, 0.5) is 4.39 Å². The summed E-state index contributed by atoms with van der Waals surface area (Å²) in [6.07, 6.45) is 3.78. The number of aromatic nitrogens is 3. The molecule has 0 spiro atoms. The van der Waals surface area contributed by atoms with Crippen molar-refractivity contribution in [2.24, 2.45) is 0 Å². The molecule has 1 N–H and O–H groups in total. The van der Waals surface area contributed by atoms with Crippen molar-refractivity contribution in [2.75, 3.05) is 40.0 Å². The number of pyridine rings is 1. The van der Waals surface area contributed by atoms with E-state index in [4.69, 9.17) is 23.9 Å². The van der Waals surface area contributed by atoms with E-state index in [-0.39, 0.29) is 30.0 Å². The Hall–Kier alpha value is -4.06. The molecule has 10 nitrogen and oxygen atoms in total. The second kappa shape index (κ2) is 15.8. The summed E-state index contributed by atoms with van der Waals surface area (Å²) >= 11 is 0. The van der Waals surface area contributed by atoms with Gasteiger partial charge in [0.25, 0.3) is 0 Å². The first kappa shape index (κ1) is 33.8. The zero-order valence-corrected chi connectivity index (χ0v) is 26.9. The Labute approximate surface area is 264 Å². The molecule has 1 saturated heterocycles. The minimum atomic E-state index is -1.15. The van der Waals surface area contributed by atoms with Crippen LogP contribution in [0.5, 0.6) is 5.88 Å². The quantitative estimate of drug-likeness (QED) is 0.221. The second-order valence-electron chi connectivity index (χ2n) is 10.7. The van der Waals surface area contributed by atoms with Crippen molar-refractivity contribution < 1.29 is 33.2 Å². The number of carbonyl (C=O) groups is 1. The Morgan fingerprint density at radius 3 is 2.67 bits per heavy atom. The number of carboxylic acids is 1. The predicted octanol–water partition coefficient (Wildman–Crippen LogP) is 5.83. The van der Waals surface area contributed by atoms with E-state index in [0.717, 1.165) is 29.8 Å². The molecular formula is C34H43FN4O6. The number of rotatable bonds is 10. The standard InChI is InChI=1S/C32H37FN4O6.C2H6/c1-5-24(27-7-6-8-28(35-27)37-31(40-4)26(15-34-37)32(38)39)30(20(2)3)43-18-22-10-9-21-16-36(12-11-25(21)29(22)33)17-23-19-41-13-14-42-23;1-2/h5-10,15,23H,11-14,16-19H2,1-4H3,(H,38,39);1-2H3/b24-5-;/t23-;/m1./s1. The summed E-state index contributed by atoms with van der Waals surface area (Å²) in [6.45, 7) is 13.8. The number of ether oxygens (including phenoxy) is 4. The van der Waals surface area contributed by atoms with E-state index in [9.17, 15) is 9.90 Å². The van der Waals surface area contributed by atoms with E-state index in [1.165, 1.54) is 18.0 Å². The van der Waals surface area contributed by atoms with Crippen molar-refractivity contribution in [3.05, 3.63) is 87.7 Å². The van der Waals surface area contributed by atoms with Gasteiger partial charge in [-0.3, -0.25) is 4.90 Å². The van der Waals surface area contributed by atoms with Crippen LogP contribution in [0.1, 0.15) is 67.4 Å². The molecule has 2 aliphatic heterocycles. The lowest BCUT2D eigenvalue weighted by atomic mass is 9.96. The molecule has 3 aromatic rings. The summed E-state index contributed by atoms with van der Waals surface area (Å²) in [5, 5.41) is 13.6. The Bertz CT molecular complexity index is 1540. The molecule has 1 atom stereocenters. The highest BCUT2D eigenvalue weighted by molar-refractivity contribution is 5.90. The molecule has 2 aliphatic rings. The zero-order chi connectivity index (χ0) is 32.5. The number of aromatic carboxylic acids is 1. The molecule has 11 heteroatoms. The van der Waals surface area contributed by atoms with Crippen LogP contribution in [0.3, 0.4) is 0 Å². The number of hydrogen-bond acceptors (Lipinski definition) is 8. The maximum atomic E-state index is 15.7. The van der Waals surface area contributed by atoms with Gasteiger partial charge in [-0.15, -0.1) is 0 Å². The predicted molar refractivity (Wildman–Crippen MR) is 169 cm³/mol. The van der Waals surface area contributed by atoms with Gasteiger partial charge in [-0.2, -0.15) is 9.78 Å². The molecule has 1 aromatic carbocycles. The van der Waals surface area contributed by atoms with Crippen molar-refractivity contribution in [1.29, 1.82) is 0 Å². The minimum absolute atomic E-state index is 0.0510. The lowest BCUT2D eigenvalue weighted by Crippen LogP contribution is -2.42. The molecular weight excluding hydrogens is 579 g/mol. The number of hydrogen-bond donors (Lipinski definition) is 1. The fraction of sp³-hybridized carbons (Fsp3) is 0.441. The van der Waals surface area contributed by atoms with Gasteiger partial charge < -0.3 is 24.1 Å². The fourth-order valence-corrected chi connectivity index (χ4v) is 5.49. The number of halogens is 1. The number of nitrogens with zero attached hydrogens (tertiary/aromatic N) is 4. The monoisotopic (exact) mass is 622 g/mol. The lowest BCUT2D eigenvalue weighted by Gasteiger charge is -2.33. The highest BCUT2D eigenvalue weighted by atomic mass is 19.1. The minimum Gasteiger partial charge on any atom is -0.488 e. The third-order valence-electron chi connectivity index (χ3n) is 7.57. The van der Waals surface area contributed by atoms with E-state index >= 15 is 4.39 Å². The summed E-state index contributed by atoms with van der Waals surface area (Å²) in [4.78, 5) is 18.6. The number of fused-ring (bicyclic) bond motifs is 1. The van der Waals surface area contributed by atoms with E-state index in [1.54, 1.807) is 18.2 Å². The number of benzene rings is 1. The van der Waals surface area contributed by atoms with Crippen LogP contribution in [0.2, 0.25) is 0 Å². The number of carboxylic acid groups (broad SMARTS) is 1. The summed E-state index contributed by atoms with van der Waals surface area (Å²) in [5.74, 6) is -0.329. The van der Waals surface area contributed by atoms with Crippen LogP contribution in [0.15, 0.2) is 53.9 Å². The molecule has 0 aliphatic carbocycles. The van der Waals surface area contributed by atoms with Gasteiger partial charge in [-0.25, -0.2) is 14.2 Å². The highest BCUT2D eigenvalue weighted by Crippen LogP contribution is 2.30. The topological polar surface area (TPSA) is 108 Å². The SMILES string of the molecule is C/C=C(\C(OCc1ccc2c(c1F)CCN(C[C@@H]1COCCO1)C2)=C(C)C)c1cccc(-n2ncc(C(=O)O)c2OC)n1.CC. The van der Waals surface area contributed by atoms with Crippen LogP contribution in [0, 0.1) is 5.82 Å². The molecule has 1 fully saturated rings. The van der Waals surface area contributed by atoms with Crippen molar-refractivity contribution in [3.8, 4) is 11.7 Å². The largest absolute Gasteiger partial charge is 0.488 e. The van der Waals surface area contributed by atoms with E-state index in [2.05, 4.69) is 10.00 Å². The molecule has 45 heavy (non-hydrogen) atoms. The van der Waals surface area contributed by atoms with Crippen LogP contribution in [0.25, 0.3) is 11.4 Å². The maximum absolute atomic E-state index is 15.7. The van der Waals surface area contributed by atoms with Gasteiger partial charge in [0.1, 0.15) is 23.7 Å². The summed E-state index contributed by atoms with van der Waals surface area (Å²) in [5.41, 5.74) is 4.36. The van der Waals surface area contributed by atoms with Crippen molar-refractivity contribution >= 4 is 11.5 Å². The molecule has 0 unspecified atom stereocenters. The second-order valence-corrected chi connectivity index (χ2v) is 10.7. The Morgan fingerprint density at radius 2 is 2.00 bits per heavy atom. The van der Waals surface area contributed by atoms with Gasteiger partial charge in [0, 0.05) is 30.8 Å². The molecule has 0 bridgehead atoms. The molecule has 4 heterocycles. The normalized spacial score (nSPS) is 16.7. The molecule has 2 aromatic heterocycles. The lowest BCUT2D eigenvalue weighted by molar-refractivity contribution is -0.0985. The average Bonchev–Trinajstić information content (AvgIpc) is 3.50. The summed E-state index contributed by atoms with van der Waals surface area (Å²) in [7, 11) is 1.38. The number of methoxy groups -OCH3 is 1. The summed E-state index contributed by atoms with van der Waals surface area (Å²) < 4.78 is 40.0. The Kier molecular flexibility index (Phi) is 11.9. The van der Waals surface area contributed by atoms with Crippen molar-refractivity contribution in [1.82, 2.24) is 19.7 Å². The van der Waals surface area contributed by atoms with Gasteiger partial charge in [-0.1, -0.05) is 38.1 Å². The van der Waals surface area contributed by atoms with E-state index < -0.39 is 5.97 Å². The molecule has 5 rings (SSSR count). The highest BCUT2D eigenvalue weighted by Gasteiger charge is 2.25. The van der Waals surface area contributed by atoms with E-state index in [0.29, 0.717) is 61.2 Å². The first-order valence-electron chi connectivity index (χ1n) is 15.3. The third-order valence-corrected chi connectivity index (χ3v) is 7.57. The Morgan fingerprint density at radius 1 is 1.20 bits per heavy atom. The van der Waals surface area contributed by atoms with Crippen molar-refractivity contribution in [2.45, 2.75) is 60.3 Å². The fourth-order valence-electron chi connectivity index (χ4n) is 5.49. The zero-order valence-electron chi connectivity index (χ0n) is 26.9. The van der Waals surface area contributed by atoms with Gasteiger partial charge in [0.2, 0.25) is 5.88 Å². The van der Waals surface area contributed by atoms with Gasteiger partial charge in [-0.05, 0) is 56.0 Å². The van der Waals surface area contributed by atoms with Gasteiger partial charge in [0.15, 0.2) is 5.82 Å². The van der Waals surface area contributed by atoms with Crippen LogP contribution in [-0.2, 0) is 33.8 Å².